The lowest BCUT2D eigenvalue weighted by Crippen LogP contribution is -2.68. The number of ether oxygens (including phenoxy) is 1. The number of aliphatic hydroxyl groups is 1. The molecule has 2 aliphatic rings. The molecule has 0 radical (unpaired) electrons. The minimum atomic E-state index is -0.721. The molecule has 1 aliphatic carbocycles. The molecule has 4 heteroatoms. The van der Waals surface area contributed by atoms with Crippen molar-refractivity contribution in [2.24, 2.45) is 5.41 Å². The van der Waals surface area contributed by atoms with Gasteiger partial charge in [-0.1, -0.05) is 30.3 Å². The highest BCUT2D eigenvalue weighted by atomic mass is 16.6. The fourth-order valence-corrected chi connectivity index (χ4v) is 3.58. The van der Waals surface area contributed by atoms with Crippen LogP contribution >= 0.6 is 0 Å². The second kappa shape index (κ2) is 4.47. The van der Waals surface area contributed by atoms with Gasteiger partial charge in [0.1, 0.15) is 5.60 Å². The second-order valence-electron chi connectivity index (χ2n) is 7.59. The van der Waals surface area contributed by atoms with Crippen LogP contribution in [0.25, 0.3) is 0 Å². The van der Waals surface area contributed by atoms with E-state index in [2.05, 4.69) is 0 Å². The standard InChI is InChI=1S/C17H23NO3/c1-15(2,3)21-14(19)18-11-16(12-18)9-17(20,10-16)13-7-5-4-6-8-13/h4-8,20H,9-12H2,1-3H3. The van der Waals surface area contributed by atoms with Crippen molar-refractivity contribution in [3.8, 4) is 0 Å². The van der Waals surface area contributed by atoms with Gasteiger partial charge in [0.25, 0.3) is 0 Å². The van der Waals surface area contributed by atoms with E-state index in [9.17, 15) is 9.90 Å². The highest BCUT2D eigenvalue weighted by Crippen LogP contribution is 2.58. The van der Waals surface area contributed by atoms with Gasteiger partial charge in [0, 0.05) is 18.5 Å². The van der Waals surface area contributed by atoms with E-state index >= 15 is 0 Å². The van der Waals surface area contributed by atoms with Crippen LogP contribution < -0.4 is 0 Å². The summed E-state index contributed by atoms with van der Waals surface area (Å²) in [4.78, 5) is 13.7. The number of hydrogen-bond donors (Lipinski definition) is 1. The van der Waals surface area contributed by atoms with Gasteiger partial charge >= 0.3 is 6.09 Å². The number of nitrogens with zero attached hydrogens (tertiary/aromatic N) is 1. The van der Waals surface area contributed by atoms with Gasteiger partial charge < -0.3 is 14.7 Å². The van der Waals surface area contributed by atoms with Crippen LogP contribution in [-0.2, 0) is 10.3 Å². The number of likely N-dealkylation sites (tertiary alicyclic amines) is 1. The maximum Gasteiger partial charge on any atom is 0.410 e. The van der Waals surface area contributed by atoms with E-state index in [1.807, 2.05) is 51.1 Å². The van der Waals surface area contributed by atoms with Crippen molar-refractivity contribution in [1.29, 1.82) is 0 Å². The molecule has 3 rings (SSSR count). The van der Waals surface area contributed by atoms with Gasteiger partial charge in [-0.15, -0.1) is 0 Å². The molecule has 1 amide bonds. The van der Waals surface area contributed by atoms with Crippen LogP contribution in [0.15, 0.2) is 30.3 Å². The van der Waals surface area contributed by atoms with E-state index in [1.165, 1.54) is 0 Å². The van der Waals surface area contributed by atoms with Crippen molar-refractivity contribution in [3.05, 3.63) is 35.9 Å². The highest BCUT2D eigenvalue weighted by molar-refractivity contribution is 5.69. The summed E-state index contributed by atoms with van der Waals surface area (Å²) in [5.41, 5.74) is -0.112. The second-order valence-corrected chi connectivity index (χ2v) is 7.59. The van der Waals surface area contributed by atoms with Crippen LogP contribution in [0.1, 0.15) is 39.2 Å². The van der Waals surface area contributed by atoms with Crippen molar-refractivity contribution >= 4 is 6.09 Å². The fraction of sp³-hybridized carbons (Fsp3) is 0.588. The molecule has 1 N–H and O–H groups in total. The lowest BCUT2D eigenvalue weighted by molar-refractivity contribution is -0.190. The van der Waals surface area contributed by atoms with Crippen LogP contribution in [0, 0.1) is 5.41 Å². The topological polar surface area (TPSA) is 49.8 Å². The van der Waals surface area contributed by atoms with Crippen molar-refractivity contribution < 1.29 is 14.6 Å². The molecule has 114 valence electrons. The molecule has 0 atom stereocenters. The molecule has 1 aromatic rings. The summed E-state index contributed by atoms with van der Waals surface area (Å²) in [5, 5.41) is 10.7. The minimum absolute atomic E-state index is 0.0848. The van der Waals surface area contributed by atoms with Crippen molar-refractivity contribution in [2.45, 2.75) is 44.8 Å². The molecular formula is C17H23NO3. The number of hydrogen-bond acceptors (Lipinski definition) is 3. The van der Waals surface area contributed by atoms with E-state index in [0.29, 0.717) is 13.1 Å². The predicted molar refractivity (Wildman–Crippen MR) is 79.8 cm³/mol. The third-order valence-electron chi connectivity index (χ3n) is 4.35. The summed E-state index contributed by atoms with van der Waals surface area (Å²) in [7, 11) is 0. The Kier molecular flexibility index (Phi) is 3.06. The fourth-order valence-electron chi connectivity index (χ4n) is 3.58. The Morgan fingerprint density at radius 2 is 1.76 bits per heavy atom. The summed E-state index contributed by atoms with van der Waals surface area (Å²) < 4.78 is 5.36. The molecule has 1 aromatic carbocycles. The molecule has 4 nitrogen and oxygen atoms in total. The third kappa shape index (κ3) is 2.64. The van der Waals surface area contributed by atoms with E-state index in [1.54, 1.807) is 4.90 Å². The van der Waals surface area contributed by atoms with Gasteiger partial charge in [0.2, 0.25) is 0 Å². The first-order chi connectivity index (χ1) is 9.72. The molecular weight excluding hydrogens is 266 g/mol. The monoisotopic (exact) mass is 289 g/mol. The minimum Gasteiger partial charge on any atom is -0.444 e. The first kappa shape index (κ1) is 14.4. The summed E-state index contributed by atoms with van der Waals surface area (Å²) in [6, 6.07) is 9.79. The first-order valence-electron chi connectivity index (χ1n) is 7.47. The molecule has 1 heterocycles. The van der Waals surface area contributed by atoms with Crippen LogP contribution in [0.4, 0.5) is 4.79 Å². The molecule has 1 aliphatic heterocycles. The lowest BCUT2D eigenvalue weighted by Gasteiger charge is -2.62. The highest BCUT2D eigenvalue weighted by Gasteiger charge is 2.61. The van der Waals surface area contributed by atoms with E-state index in [0.717, 1.165) is 18.4 Å². The molecule has 0 unspecified atom stereocenters. The zero-order valence-corrected chi connectivity index (χ0v) is 12.9. The smallest absolute Gasteiger partial charge is 0.410 e. The van der Waals surface area contributed by atoms with Crippen LogP contribution in [0.2, 0.25) is 0 Å². The van der Waals surface area contributed by atoms with Gasteiger partial charge in [-0.3, -0.25) is 0 Å². The third-order valence-corrected chi connectivity index (χ3v) is 4.35. The lowest BCUT2D eigenvalue weighted by atomic mass is 9.53. The molecule has 1 spiro atoms. The van der Waals surface area contributed by atoms with Crippen molar-refractivity contribution in [2.75, 3.05) is 13.1 Å². The number of rotatable bonds is 1. The maximum atomic E-state index is 11.9. The average molecular weight is 289 g/mol. The van der Waals surface area contributed by atoms with Gasteiger partial charge in [-0.2, -0.15) is 0 Å². The Balaban J connectivity index is 1.55. The summed E-state index contributed by atoms with van der Waals surface area (Å²) in [6.07, 6.45) is 1.20. The van der Waals surface area contributed by atoms with Crippen LogP contribution in [0.5, 0.6) is 0 Å². The average Bonchev–Trinajstić information content (AvgIpc) is 2.30. The van der Waals surface area contributed by atoms with Crippen molar-refractivity contribution in [3.63, 3.8) is 0 Å². The van der Waals surface area contributed by atoms with Gasteiger partial charge in [-0.05, 0) is 39.2 Å². The Morgan fingerprint density at radius 1 is 1.19 bits per heavy atom. The zero-order chi connectivity index (χ0) is 15.3. The Bertz CT molecular complexity index is 533. The summed E-state index contributed by atoms with van der Waals surface area (Å²) >= 11 is 0. The van der Waals surface area contributed by atoms with Crippen LogP contribution in [-0.4, -0.2) is 34.8 Å². The number of carbonyl (C=O) groups is 1. The summed E-state index contributed by atoms with van der Waals surface area (Å²) in [5.74, 6) is 0. The molecule has 1 saturated heterocycles. The quantitative estimate of drug-likeness (QED) is 0.865. The number of carbonyl (C=O) groups excluding carboxylic acids is 1. The molecule has 2 fully saturated rings. The molecule has 0 bridgehead atoms. The molecule has 21 heavy (non-hydrogen) atoms. The van der Waals surface area contributed by atoms with Gasteiger partial charge in [0.05, 0.1) is 5.60 Å². The van der Waals surface area contributed by atoms with Gasteiger partial charge in [-0.25, -0.2) is 4.79 Å². The molecule has 0 aromatic heterocycles. The Hall–Kier alpha value is -1.55. The van der Waals surface area contributed by atoms with E-state index in [-0.39, 0.29) is 11.5 Å². The van der Waals surface area contributed by atoms with E-state index < -0.39 is 11.2 Å². The molecule has 1 saturated carbocycles. The zero-order valence-electron chi connectivity index (χ0n) is 12.9. The predicted octanol–water partition coefficient (Wildman–Crippen LogP) is 2.91. The normalized spacial score (nSPS) is 22.4. The van der Waals surface area contributed by atoms with Gasteiger partial charge in [0.15, 0.2) is 0 Å². The van der Waals surface area contributed by atoms with E-state index in [4.69, 9.17) is 4.74 Å². The Morgan fingerprint density at radius 3 is 2.29 bits per heavy atom. The summed E-state index contributed by atoms with van der Waals surface area (Å²) in [6.45, 7) is 7.00. The largest absolute Gasteiger partial charge is 0.444 e. The van der Waals surface area contributed by atoms with Crippen LogP contribution in [0.3, 0.4) is 0 Å². The van der Waals surface area contributed by atoms with Crippen molar-refractivity contribution in [1.82, 2.24) is 4.90 Å². The Labute approximate surface area is 125 Å². The maximum absolute atomic E-state index is 11.9. The number of amides is 1. The number of benzene rings is 1. The first-order valence-corrected chi connectivity index (χ1v) is 7.47. The SMILES string of the molecule is CC(C)(C)OC(=O)N1CC2(C1)CC(O)(c1ccccc1)C2.